The van der Waals surface area contributed by atoms with Gasteiger partial charge in [-0.05, 0) is 24.3 Å². The second-order valence-electron chi connectivity index (χ2n) is 5.31. The molecule has 102 valence electrons. The first-order chi connectivity index (χ1) is 9.66. The maximum absolute atomic E-state index is 6.35. The van der Waals surface area contributed by atoms with E-state index >= 15 is 0 Å². The molecule has 2 aliphatic heterocycles. The van der Waals surface area contributed by atoms with Gasteiger partial charge in [-0.15, -0.1) is 0 Å². The van der Waals surface area contributed by atoms with Gasteiger partial charge in [-0.3, -0.25) is 14.7 Å². The second kappa shape index (κ2) is 3.60. The average molecular weight is 267 g/mol. The normalized spacial score (nSPS) is 18.2. The molecule has 0 amide bonds. The van der Waals surface area contributed by atoms with E-state index in [0.29, 0.717) is 0 Å². The third-order valence-electron chi connectivity index (χ3n) is 4.39. The second-order valence-corrected chi connectivity index (χ2v) is 5.31. The van der Waals surface area contributed by atoms with Crippen LogP contribution in [-0.2, 0) is 0 Å². The summed E-state index contributed by atoms with van der Waals surface area (Å²) in [6.07, 6.45) is 0. The molecule has 0 aliphatic carbocycles. The maximum atomic E-state index is 6.35. The van der Waals surface area contributed by atoms with Crippen molar-refractivity contribution in [3.8, 4) is 5.75 Å². The van der Waals surface area contributed by atoms with Gasteiger partial charge in [0, 0.05) is 21.1 Å². The number of rotatable bonds is 0. The van der Waals surface area contributed by atoms with E-state index in [0.717, 1.165) is 11.4 Å². The Morgan fingerprint density at radius 1 is 0.700 bits per heavy atom. The molecule has 0 bridgehead atoms. The SMILES string of the molecule is CN1c2ccccc2OC12N(C)c1ccccc1N2C. The van der Waals surface area contributed by atoms with Crippen LogP contribution in [-0.4, -0.2) is 27.1 Å². The van der Waals surface area contributed by atoms with Crippen molar-refractivity contribution < 1.29 is 4.74 Å². The largest absolute Gasteiger partial charge is 0.430 e. The molecule has 4 heteroatoms. The Morgan fingerprint density at radius 2 is 1.15 bits per heavy atom. The zero-order valence-corrected chi connectivity index (χ0v) is 11.9. The van der Waals surface area contributed by atoms with Gasteiger partial charge in [-0.25, -0.2) is 0 Å². The summed E-state index contributed by atoms with van der Waals surface area (Å²) in [5.41, 5.74) is 3.46. The lowest BCUT2D eigenvalue weighted by molar-refractivity contribution is 0.102. The van der Waals surface area contributed by atoms with Gasteiger partial charge >= 0.3 is 5.97 Å². The van der Waals surface area contributed by atoms with E-state index in [1.807, 2.05) is 18.2 Å². The molecular weight excluding hydrogens is 250 g/mol. The van der Waals surface area contributed by atoms with Crippen molar-refractivity contribution in [3.63, 3.8) is 0 Å². The third kappa shape index (κ3) is 1.12. The molecule has 4 nitrogen and oxygen atoms in total. The van der Waals surface area contributed by atoms with Crippen molar-refractivity contribution in [3.05, 3.63) is 48.5 Å². The number of nitrogens with zero attached hydrogens (tertiary/aromatic N) is 3. The number of hydrogen-bond donors (Lipinski definition) is 0. The lowest BCUT2D eigenvalue weighted by Gasteiger charge is -2.42. The smallest absolute Gasteiger partial charge is 0.354 e. The maximum Gasteiger partial charge on any atom is 0.354 e. The zero-order valence-electron chi connectivity index (χ0n) is 11.9. The van der Waals surface area contributed by atoms with Gasteiger partial charge < -0.3 is 4.74 Å². The molecule has 1 spiro atoms. The standard InChI is InChI=1S/C16H17N3O/c1-17-12-8-4-5-9-13(12)18(2)16(17)19(3)14-10-6-7-11-15(14)20-16/h4-11H,1-3H3. The fraction of sp³-hybridized carbons (Fsp3) is 0.250. The molecular formula is C16H17N3O. The molecule has 2 aliphatic rings. The van der Waals surface area contributed by atoms with Gasteiger partial charge in [0.15, 0.2) is 0 Å². The van der Waals surface area contributed by atoms with E-state index in [9.17, 15) is 0 Å². The van der Waals surface area contributed by atoms with E-state index in [4.69, 9.17) is 4.74 Å². The molecule has 4 rings (SSSR count). The van der Waals surface area contributed by atoms with E-state index in [1.165, 1.54) is 11.4 Å². The molecule has 0 radical (unpaired) electrons. The van der Waals surface area contributed by atoms with Gasteiger partial charge in [0.1, 0.15) is 5.75 Å². The summed E-state index contributed by atoms with van der Waals surface area (Å²) in [4.78, 5) is 6.55. The number of para-hydroxylation sites is 4. The summed E-state index contributed by atoms with van der Waals surface area (Å²) in [5, 5.41) is 0. The molecule has 2 aromatic carbocycles. The highest BCUT2D eigenvalue weighted by Crippen LogP contribution is 2.51. The summed E-state index contributed by atoms with van der Waals surface area (Å²) in [6, 6.07) is 16.5. The van der Waals surface area contributed by atoms with Crippen molar-refractivity contribution in [2.75, 3.05) is 35.8 Å². The Morgan fingerprint density at radius 3 is 1.70 bits per heavy atom. The highest BCUT2D eigenvalue weighted by atomic mass is 16.6. The Labute approximate surface area is 118 Å². The minimum absolute atomic E-state index is 0.618. The van der Waals surface area contributed by atoms with Crippen LogP contribution in [0.15, 0.2) is 48.5 Å². The quantitative estimate of drug-likeness (QED) is 0.730. The highest BCUT2D eigenvalue weighted by Gasteiger charge is 2.56. The Balaban J connectivity index is 1.89. The minimum atomic E-state index is -0.618. The van der Waals surface area contributed by atoms with Gasteiger partial charge in [-0.2, -0.15) is 0 Å². The molecule has 0 unspecified atom stereocenters. The van der Waals surface area contributed by atoms with Gasteiger partial charge in [0.05, 0.1) is 17.1 Å². The monoisotopic (exact) mass is 267 g/mol. The first kappa shape index (κ1) is 11.5. The number of fused-ring (bicyclic) bond motifs is 2. The fourth-order valence-corrected chi connectivity index (χ4v) is 3.35. The summed E-state index contributed by atoms with van der Waals surface area (Å²) in [5.74, 6) is 0.300. The van der Waals surface area contributed by atoms with Gasteiger partial charge in [0.25, 0.3) is 0 Å². The molecule has 0 saturated heterocycles. The number of anilines is 3. The predicted octanol–water partition coefficient (Wildman–Crippen LogP) is 2.71. The van der Waals surface area contributed by atoms with Crippen LogP contribution in [0.2, 0.25) is 0 Å². The average Bonchev–Trinajstić information content (AvgIpc) is 2.90. The molecule has 20 heavy (non-hydrogen) atoms. The summed E-state index contributed by atoms with van der Waals surface area (Å²) in [6.45, 7) is 0. The Bertz CT molecular complexity index is 648. The minimum Gasteiger partial charge on any atom is -0.430 e. The van der Waals surface area contributed by atoms with E-state index in [-0.39, 0.29) is 0 Å². The number of benzene rings is 2. The molecule has 2 heterocycles. The lowest BCUT2D eigenvalue weighted by Crippen LogP contribution is -2.66. The van der Waals surface area contributed by atoms with Crippen molar-refractivity contribution >= 4 is 17.1 Å². The lowest BCUT2D eigenvalue weighted by atomic mass is 10.3. The van der Waals surface area contributed by atoms with Crippen molar-refractivity contribution in [2.24, 2.45) is 0 Å². The number of ether oxygens (including phenoxy) is 1. The fourth-order valence-electron chi connectivity index (χ4n) is 3.35. The van der Waals surface area contributed by atoms with E-state index < -0.39 is 5.97 Å². The summed E-state index contributed by atoms with van der Waals surface area (Å²) in [7, 11) is 6.22. The Hall–Kier alpha value is -2.36. The summed E-state index contributed by atoms with van der Waals surface area (Å²) < 4.78 is 6.35. The van der Waals surface area contributed by atoms with Crippen molar-refractivity contribution in [1.29, 1.82) is 0 Å². The molecule has 2 aromatic rings. The van der Waals surface area contributed by atoms with Crippen LogP contribution in [0.5, 0.6) is 5.75 Å². The van der Waals surface area contributed by atoms with Crippen molar-refractivity contribution in [1.82, 2.24) is 0 Å². The van der Waals surface area contributed by atoms with E-state index in [1.54, 1.807) is 0 Å². The third-order valence-corrected chi connectivity index (χ3v) is 4.39. The van der Waals surface area contributed by atoms with Gasteiger partial charge in [0.2, 0.25) is 0 Å². The van der Waals surface area contributed by atoms with Crippen LogP contribution in [0, 0.1) is 0 Å². The topological polar surface area (TPSA) is 19.0 Å². The van der Waals surface area contributed by atoms with Crippen LogP contribution in [0.25, 0.3) is 0 Å². The van der Waals surface area contributed by atoms with Crippen LogP contribution in [0.1, 0.15) is 0 Å². The summed E-state index contributed by atoms with van der Waals surface area (Å²) >= 11 is 0. The van der Waals surface area contributed by atoms with Crippen LogP contribution < -0.4 is 19.4 Å². The molecule has 0 atom stereocenters. The predicted molar refractivity (Wildman–Crippen MR) is 81.5 cm³/mol. The van der Waals surface area contributed by atoms with Crippen LogP contribution >= 0.6 is 0 Å². The highest BCUT2D eigenvalue weighted by molar-refractivity contribution is 5.82. The molecule has 0 N–H and O–H groups in total. The van der Waals surface area contributed by atoms with E-state index in [2.05, 4.69) is 66.2 Å². The van der Waals surface area contributed by atoms with Gasteiger partial charge in [-0.1, -0.05) is 24.3 Å². The number of hydrogen-bond acceptors (Lipinski definition) is 4. The first-order valence-corrected chi connectivity index (χ1v) is 6.75. The van der Waals surface area contributed by atoms with Crippen molar-refractivity contribution in [2.45, 2.75) is 5.97 Å². The Kier molecular flexibility index (Phi) is 2.06. The zero-order chi connectivity index (χ0) is 13.9. The van der Waals surface area contributed by atoms with Crippen LogP contribution in [0.4, 0.5) is 17.1 Å². The first-order valence-electron chi connectivity index (χ1n) is 6.75. The molecule has 0 saturated carbocycles. The molecule has 0 fully saturated rings. The van der Waals surface area contributed by atoms with Crippen LogP contribution in [0.3, 0.4) is 0 Å². The molecule has 0 aromatic heterocycles.